The molecule has 15 heteroatoms. The molecule has 8 rings (SSSR count). The highest BCUT2D eigenvalue weighted by atomic mass is 32.1. The predicted molar refractivity (Wildman–Crippen MR) is 254 cm³/mol. The van der Waals surface area contributed by atoms with Crippen LogP contribution in [0.1, 0.15) is 58.4 Å². The van der Waals surface area contributed by atoms with Crippen LogP contribution in [0.5, 0.6) is 0 Å². The van der Waals surface area contributed by atoms with Crippen molar-refractivity contribution in [2.75, 3.05) is 63.7 Å². The molecule has 3 aromatic heterocycles. The Labute approximate surface area is 375 Å². The summed E-state index contributed by atoms with van der Waals surface area (Å²) < 4.78 is 19.6. The number of H-pyrrole nitrogens is 1. The Morgan fingerprint density at radius 3 is 2.66 bits per heavy atom. The minimum absolute atomic E-state index is 0.165. The van der Waals surface area contributed by atoms with Crippen LogP contribution in [0.25, 0.3) is 44.5 Å². The third kappa shape index (κ3) is 10.6. The van der Waals surface area contributed by atoms with Crippen LogP contribution in [-0.4, -0.2) is 93.0 Å². The average molecular weight is 884 g/mol. The Morgan fingerprint density at radius 2 is 1.83 bits per heavy atom. The smallest absolute Gasteiger partial charge is 0.336 e. The van der Waals surface area contributed by atoms with E-state index in [4.69, 9.17) is 31.8 Å². The number of likely N-dealkylation sites (tertiary alicyclic amines) is 1. The number of nitrogens with two attached hydrogens (primary N) is 1. The Balaban J connectivity index is 0.727. The molecule has 1 aliphatic carbocycles. The van der Waals surface area contributed by atoms with Crippen LogP contribution >= 0.6 is 12.2 Å². The minimum Gasteiger partial charge on any atom is -0.478 e. The number of imidazole rings is 1. The van der Waals surface area contributed by atoms with Gasteiger partial charge >= 0.3 is 11.7 Å². The lowest BCUT2D eigenvalue weighted by Gasteiger charge is -2.32. The van der Waals surface area contributed by atoms with E-state index in [0.29, 0.717) is 91.1 Å². The maximum atomic E-state index is 12.7. The summed E-state index contributed by atoms with van der Waals surface area (Å²) in [6.07, 6.45) is 6.00. The Kier molecular flexibility index (Phi) is 13.9. The molecule has 64 heavy (non-hydrogen) atoms. The second-order valence-electron chi connectivity index (χ2n) is 16.7. The maximum absolute atomic E-state index is 12.7. The molecule has 0 bridgehead atoms. The Bertz CT molecular complexity index is 2890. The van der Waals surface area contributed by atoms with Crippen molar-refractivity contribution in [3.8, 4) is 22.5 Å². The number of nitrogens with zero attached hydrogens (tertiary/aromatic N) is 4. The van der Waals surface area contributed by atoms with Gasteiger partial charge in [0.2, 0.25) is 0 Å². The number of carboxylic acid groups (broad SMARTS) is 1. The van der Waals surface area contributed by atoms with E-state index < -0.39 is 5.97 Å². The fourth-order valence-corrected chi connectivity index (χ4v) is 8.93. The lowest BCUT2D eigenvalue weighted by Crippen LogP contribution is -2.39. The SMILES string of the molecule is Cc1ccc2c(-c3ccc(CC(=S)CCCOCCOCC4CCCN(CCNc5ccc(Cn6c(=O)[nH]c7c(N)nc(C)cc76)cn5)C4)cc3C(=O)O)c3ccc(=O)cc-3oc2c1. The van der Waals surface area contributed by atoms with Crippen molar-refractivity contribution in [1.29, 1.82) is 0 Å². The molecule has 1 unspecified atom stereocenters. The van der Waals surface area contributed by atoms with Gasteiger partial charge in [0.1, 0.15) is 28.5 Å². The number of anilines is 2. The summed E-state index contributed by atoms with van der Waals surface area (Å²) in [4.78, 5) is 52.4. The van der Waals surface area contributed by atoms with Gasteiger partial charge in [-0.3, -0.25) is 9.36 Å². The van der Waals surface area contributed by atoms with Gasteiger partial charge in [0.25, 0.3) is 0 Å². The summed E-state index contributed by atoms with van der Waals surface area (Å²) in [6.45, 7) is 10.2. The van der Waals surface area contributed by atoms with Crippen molar-refractivity contribution < 1.29 is 23.8 Å². The molecule has 0 saturated carbocycles. The van der Waals surface area contributed by atoms with Crippen LogP contribution in [0.2, 0.25) is 0 Å². The number of carbonyl (C=O) groups is 1. The summed E-state index contributed by atoms with van der Waals surface area (Å²) in [5.41, 5.74) is 13.0. The molecule has 5 heterocycles. The fraction of sp³-hybridized carbons (Fsp3) is 0.347. The van der Waals surface area contributed by atoms with Crippen molar-refractivity contribution in [1.82, 2.24) is 24.4 Å². The van der Waals surface area contributed by atoms with Gasteiger partial charge in [-0.1, -0.05) is 42.5 Å². The maximum Gasteiger partial charge on any atom is 0.336 e. The number of rotatable bonds is 19. The molecule has 14 nitrogen and oxygen atoms in total. The molecule has 1 fully saturated rings. The molecule has 2 aromatic carbocycles. The number of aromatic carboxylic acids is 1. The third-order valence-corrected chi connectivity index (χ3v) is 12.1. The molecule has 0 radical (unpaired) electrons. The normalized spacial score (nSPS) is 14.4. The van der Waals surface area contributed by atoms with Gasteiger partial charge in [0.15, 0.2) is 5.43 Å². The predicted octanol–water partition coefficient (Wildman–Crippen LogP) is 7.49. The molecule has 0 amide bonds. The van der Waals surface area contributed by atoms with E-state index in [-0.39, 0.29) is 16.7 Å². The second-order valence-corrected chi connectivity index (χ2v) is 17.3. The molecule has 5 N–H and O–H groups in total. The van der Waals surface area contributed by atoms with E-state index in [2.05, 4.69) is 25.2 Å². The minimum atomic E-state index is -1.04. The number of nitrogen functional groups attached to an aromatic ring is 1. The number of aromatic amines is 1. The Hall–Kier alpha value is -6.26. The van der Waals surface area contributed by atoms with Gasteiger partial charge in [-0.2, -0.15) is 0 Å². The number of thiocarbonyl (C=S) groups is 1. The van der Waals surface area contributed by atoms with E-state index in [1.807, 2.05) is 62.4 Å². The first-order valence-electron chi connectivity index (χ1n) is 21.8. The first-order chi connectivity index (χ1) is 31.0. The number of ether oxygens (including phenoxy) is 2. The van der Waals surface area contributed by atoms with E-state index in [1.54, 1.807) is 22.9 Å². The number of fused-ring (bicyclic) bond motifs is 3. The lowest BCUT2D eigenvalue weighted by molar-refractivity contribution is 0.0188. The highest BCUT2D eigenvalue weighted by Gasteiger charge is 2.23. The molecular formula is C49H53N7O7S. The van der Waals surface area contributed by atoms with Crippen LogP contribution in [0.4, 0.5) is 11.6 Å². The molecule has 332 valence electrons. The average Bonchev–Trinajstić information content (AvgIpc) is 3.58. The number of pyridine rings is 2. The number of carboxylic acids is 1. The van der Waals surface area contributed by atoms with Crippen LogP contribution < -0.4 is 22.2 Å². The molecule has 1 atom stereocenters. The van der Waals surface area contributed by atoms with Crippen molar-refractivity contribution in [3.05, 3.63) is 128 Å². The highest BCUT2D eigenvalue weighted by Crippen LogP contribution is 2.41. The largest absolute Gasteiger partial charge is 0.478 e. The van der Waals surface area contributed by atoms with Gasteiger partial charge in [0, 0.05) is 67.1 Å². The molecule has 1 saturated heterocycles. The number of aromatic nitrogens is 4. The molecule has 3 aliphatic rings. The van der Waals surface area contributed by atoms with Crippen LogP contribution in [0.3, 0.4) is 0 Å². The zero-order valence-corrected chi connectivity index (χ0v) is 37.0. The summed E-state index contributed by atoms with van der Waals surface area (Å²) in [6, 6.07) is 21.6. The standard InChI is InChI=1S/C49H53N7O7S/c1-30-7-11-38-42(21-30)63-43-25-35(57)10-13-39(43)45(38)37-12-8-32(24-40(37)48(58)59)23-36(64)6-4-18-61-19-20-62-29-34-5-3-16-55(27-34)17-15-51-44-14-9-33(26-52-44)28-56-41-22-31(2)53-47(50)46(41)54-49(56)60/h7-14,21-22,24-26,34H,3-6,15-20,23,27-29H2,1-2H3,(H2,50,53)(H,51,52)(H,54,60)(H,58,59). The number of benzene rings is 3. The second kappa shape index (κ2) is 20.1. The van der Waals surface area contributed by atoms with E-state index >= 15 is 0 Å². The monoisotopic (exact) mass is 883 g/mol. The van der Waals surface area contributed by atoms with Gasteiger partial charge < -0.3 is 39.9 Å². The van der Waals surface area contributed by atoms with Crippen LogP contribution in [0, 0.1) is 19.8 Å². The molecule has 5 aromatic rings. The third-order valence-electron chi connectivity index (χ3n) is 11.7. The van der Waals surface area contributed by atoms with E-state index in [0.717, 1.165) is 89.4 Å². The fourth-order valence-electron chi connectivity index (χ4n) is 8.62. The number of aryl methyl sites for hydroxylation is 2. The van der Waals surface area contributed by atoms with Crippen molar-refractivity contribution in [3.63, 3.8) is 0 Å². The van der Waals surface area contributed by atoms with Crippen molar-refractivity contribution >= 4 is 56.7 Å². The van der Waals surface area contributed by atoms with Crippen LogP contribution in [-0.2, 0) is 22.4 Å². The van der Waals surface area contributed by atoms with Gasteiger partial charge in [-0.25, -0.2) is 19.6 Å². The van der Waals surface area contributed by atoms with Gasteiger partial charge in [0.05, 0.1) is 37.4 Å². The van der Waals surface area contributed by atoms with Gasteiger partial charge in [-0.15, -0.1) is 0 Å². The molecule has 2 aliphatic heterocycles. The number of piperidine rings is 1. The summed E-state index contributed by atoms with van der Waals surface area (Å²) in [5, 5.41) is 14.6. The zero-order chi connectivity index (χ0) is 44.7. The van der Waals surface area contributed by atoms with Crippen LogP contribution in [0.15, 0.2) is 93.0 Å². The van der Waals surface area contributed by atoms with E-state index in [9.17, 15) is 19.5 Å². The van der Waals surface area contributed by atoms with Crippen molar-refractivity contribution in [2.24, 2.45) is 5.92 Å². The quantitative estimate of drug-likeness (QED) is 0.0355. The number of hydrogen-bond donors (Lipinski definition) is 4. The summed E-state index contributed by atoms with van der Waals surface area (Å²) in [5.74, 6) is 0.945. The topological polar surface area (TPSA) is 191 Å². The highest BCUT2D eigenvalue weighted by molar-refractivity contribution is 7.80. The van der Waals surface area contributed by atoms with Crippen molar-refractivity contribution in [2.45, 2.75) is 52.5 Å². The lowest BCUT2D eigenvalue weighted by atomic mass is 9.89. The first kappa shape index (κ1) is 44.4. The number of hydrogen-bond acceptors (Lipinski definition) is 12. The molecule has 0 spiro atoms. The zero-order valence-electron chi connectivity index (χ0n) is 36.2. The summed E-state index contributed by atoms with van der Waals surface area (Å²) >= 11 is 5.72. The summed E-state index contributed by atoms with van der Waals surface area (Å²) in [7, 11) is 0. The van der Waals surface area contributed by atoms with E-state index in [1.165, 1.54) is 12.1 Å². The molecular weight excluding hydrogens is 831 g/mol. The Morgan fingerprint density at radius 1 is 1.00 bits per heavy atom. The van der Waals surface area contributed by atoms with Gasteiger partial charge in [-0.05, 0) is 116 Å². The number of nitrogens with one attached hydrogen (secondary N) is 2. The first-order valence-corrected chi connectivity index (χ1v) is 22.2.